The van der Waals surface area contributed by atoms with Crippen molar-refractivity contribution in [2.45, 2.75) is 4.90 Å². The smallest absolute Gasteiger partial charge is 0.266 e. The summed E-state index contributed by atoms with van der Waals surface area (Å²) in [5.41, 5.74) is 5.28. The summed E-state index contributed by atoms with van der Waals surface area (Å²) in [4.78, 5) is 11.1. The molecule has 0 saturated carbocycles. The lowest BCUT2D eigenvalue weighted by molar-refractivity contribution is 0.600. The number of hydrogen-bond donors (Lipinski definition) is 2. The molecule has 9 heteroatoms. The van der Waals surface area contributed by atoms with Crippen LogP contribution in [0.4, 0.5) is 11.8 Å². The minimum absolute atomic E-state index is 0.00992. The zero-order valence-corrected chi connectivity index (χ0v) is 11.3. The fourth-order valence-electron chi connectivity index (χ4n) is 1.10. The molecule has 7 nitrogen and oxygen atoms in total. The number of sulfonamides is 1. The molecule has 0 aliphatic heterocycles. The highest BCUT2D eigenvalue weighted by Gasteiger charge is 2.15. The van der Waals surface area contributed by atoms with Gasteiger partial charge in [-0.25, -0.2) is 23.4 Å². The average molecular weight is 330 g/mol. The van der Waals surface area contributed by atoms with Gasteiger partial charge in [-0.05, 0) is 28.1 Å². The van der Waals surface area contributed by atoms with Gasteiger partial charge in [0.15, 0.2) is 0 Å². The predicted octanol–water partition coefficient (Wildman–Crippen LogP) is 1.02. The molecule has 0 spiro atoms. The first-order chi connectivity index (χ1) is 8.47. The van der Waals surface area contributed by atoms with Gasteiger partial charge >= 0.3 is 0 Å². The molecule has 0 radical (unpaired) electrons. The van der Waals surface area contributed by atoms with E-state index in [0.29, 0.717) is 0 Å². The topological polar surface area (TPSA) is 111 Å². The van der Waals surface area contributed by atoms with Gasteiger partial charge in [0.05, 0.1) is 12.4 Å². The molecule has 2 aromatic heterocycles. The first-order valence-electron chi connectivity index (χ1n) is 4.69. The van der Waals surface area contributed by atoms with Crippen LogP contribution in [0.15, 0.2) is 40.1 Å². The standard InChI is InChI=1S/C9H8BrN5O2S/c10-6-1-2-8(12-3-6)15-18(16,17)7-4-13-9(11)14-5-7/h1-5H,(H,12,15)(H2,11,13,14). The maximum Gasteiger partial charge on any atom is 0.266 e. The van der Waals surface area contributed by atoms with Crippen molar-refractivity contribution in [2.75, 3.05) is 10.5 Å². The molecule has 2 rings (SSSR count). The number of nitrogens with zero attached hydrogens (tertiary/aromatic N) is 3. The first kappa shape index (κ1) is 12.7. The number of nitrogens with one attached hydrogen (secondary N) is 1. The maximum atomic E-state index is 11.9. The van der Waals surface area contributed by atoms with E-state index in [-0.39, 0.29) is 16.7 Å². The normalized spacial score (nSPS) is 11.2. The molecule has 0 saturated heterocycles. The Morgan fingerprint density at radius 2 is 1.78 bits per heavy atom. The van der Waals surface area contributed by atoms with E-state index in [4.69, 9.17) is 5.73 Å². The number of pyridine rings is 1. The van der Waals surface area contributed by atoms with E-state index in [2.05, 4.69) is 35.6 Å². The summed E-state index contributed by atoms with van der Waals surface area (Å²) in [6, 6.07) is 3.20. The van der Waals surface area contributed by atoms with E-state index in [0.717, 1.165) is 16.9 Å². The van der Waals surface area contributed by atoms with Crippen molar-refractivity contribution in [1.82, 2.24) is 15.0 Å². The van der Waals surface area contributed by atoms with Crippen LogP contribution in [0, 0.1) is 0 Å². The summed E-state index contributed by atoms with van der Waals surface area (Å²) in [7, 11) is -3.75. The quantitative estimate of drug-likeness (QED) is 0.869. The molecule has 0 bridgehead atoms. The minimum Gasteiger partial charge on any atom is -0.368 e. The van der Waals surface area contributed by atoms with Crippen molar-refractivity contribution in [3.63, 3.8) is 0 Å². The number of nitrogen functional groups attached to an aromatic ring is 1. The van der Waals surface area contributed by atoms with Gasteiger partial charge in [0.2, 0.25) is 5.95 Å². The highest BCUT2D eigenvalue weighted by atomic mass is 79.9. The van der Waals surface area contributed by atoms with Crippen LogP contribution in [0.3, 0.4) is 0 Å². The summed E-state index contributed by atoms with van der Waals surface area (Å²) in [6.45, 7) is 0. The largest absolute Gasteiger partial charge is 0.368 e. The Bertz CT molecular complexity index is 642. The Morgan fingerprint density at radius 3 is 2.33 bits per heavy atom. The minimum atomic E-state index is -3.75. The van der Waals surface area contributed by atoms with E-state index >= 15 is 0 Å². The Balaban J connectivity index is 2.27. The summed E-state index contributed by atoms with van der Waals surface area (Å²) in [5, 5.41) is 0. The van der Waals surface area contributed by atoms with Gasteiger partial charge in [-0.3, -0.25) is 4.72 Å². The van der Waals surface area contributed by atoms with Crippen LogP contribution in [0.25, 0.3) is 0 Å². The lowest BCUT2D eigenvalue weighted by Gasteiger charge is -2.06. The zero-order valence-electron chi connectivity index (χ0n) is 8.91. The lowest BCUT2D eigenvalue weighted by Crippen LogP contribution is -2.14. The van der Waals surface area contributed by atoms with Crippen molar-refractivity contribution >= 4 is 37.7 Å². The highest BCUT2D eigenvalue weighted by Crippen LogP contribution is 2.15. The Morgan fingerprint density at radius 1 is 1.11 bits per heavy atom. The molecule has 18 heavy (non-hydrogen) atoms. The van der Waals surface area contributed by atoms with E-state index < -0.39 is 10.0 Å². The number of nitrogens with two attached hydrogens (primary N) is 1. The SMILES string of the molecule is Nc1ncc(S(=O)(=O)Nc2ccc(Br)cn2)cn1. The monoisotopic (exact) mass is 329 g/mol. The summed E-state index contributed by atoms with van der Waals surface area (Å²) < 4.78 is 26.9. The summed E-state index contributed by atoms with van der Waals surface area (Å²) >= 11 is 3.20. The van der Waals surface area contributed by atoms with Crippen molar-refractivity contribution in [3.05, 3.63) is 35.2 Å². The molecule has 0 aromatic carbocycles. The van der Waals surface area contributed by atoms with E-state index in [1.807, 2.05) is 0 Å². The van der Waals surface area contributed by atoms with Gasteiger partial charge in [-0.1, -0.05) is 0 Å². The van der Waals surface area contributed by atoms with Gasteiger partial charge in [-0.15, -0.1) is 0 Å². The van der Waals surface area contributed by atoms with Crippen LogP contribution in [-0.2, 0) is 10.0 Å². The zero-order chi connectivity index (χ0) is 13.2. The summed E-state index contributed by atoms with van der Waals surface area (Å²) in [6.07, 6.45) is 3.74. The third-order valence-electron chi connectivity index (χ3n) is 1.92. The van der Waals surface area contributed by atoms with Gasteiger partial charge in [0.25, 0.3) is 10.0 Å². The Hall–Kier alpha value is -1.74. The van der Waals surface area contributed by atoms with Crippen LogP contribution >= 0.6 is 15.9 Å². The van der Waals surface area contributed by atoms with Gasteiger partial charge < -0.3 is 5.73 Å². The van der Waals surface area contributed by atoms with Crippen molar-refractivity contribution < 1.29 is 8.42 Å². The van der Waals surface area contributed by atoms with Gasteiger partial charge in [0, 0.05) is 10.7 Å². The second kappa shape index (κ2) is 4.86. The number of anilines is 2. The number of rotatable bonds is 3. The molecular weight excluding hydrogens is 322 g/mol. The third-order valence-corrected chi connectivity index (χ3v) is 3.70. The molecule has 0 fully saturated rings. The number of hydrogen-bond acceptors (Lipinski definition) is 6. The predicted molar refractivity (Wildman–Crippen MR) is 69.2 cm³/mol. The molecule has 0 amide bonds. The van der Waals surface area contributed by atoms with Crippen LogP contribution < -0.4 is 10.5 Å². The second-order valence-corrected chi connectivity index (χ2v) is 5.84. The molecule has 2 heterocycles. The van der Waals surface area contributed by atoms with Gasteiger partial charge in [-0.2, -0.15) is 0 Å². The molecule has 94 valence electrons. The molecule has 0 atom stereocenters. The van der Waals surface area contributed by atoms with Crippen LogP contribution in [0.1, 0.15) is 0 Å². The van der Waals surface area contributed by atoms with Crippen molar-refractivity contribution in [3.8, 4) is 0 Å². The number of halogens is 1. The van der Waals surface area contributed by atoms with Crippen molar-refractivity contribution in [2.24, 2.45) is 0 Å². The average Bonchev–Trinajstić information content (AvgIpc) is 2.32. The molecule has 0 unspecified atom stereocenters. The number of aromatic nitrogens is 3. The lowest BCUT2D eigenvalue weighted by atomic mass is 10.5. The summed E-state index contributed by atoms with van der Waals surface area (Å²) in [5.74, 6) is 0.214. The van der Waals surface area contributed by atoms with Crippen LogP contribution in [0.5, 0.6) is 0 Å². The van der Waals surface area contributed by atoms with Gasteiger partial charge in [0.1, 0.15) is 10.7 Å². The highest BCUT2D eigenvalue weighted by molar-refractivity contribution is 9.10. The van der Waals surface area contributed by atoms with E-state index in [1.165, 1.54) is 12.3 Å². The van der Waals surface area contributed by atoms with E-state index in [9.17, 15) is 8.42 Å². The Kier molecular flexibility index (Phi) is 3.43. The van der Waals surface area contributed by atoms with Crippen LogP contribution in [-0.4, -0.2) is 23.4 Å². The molecule has 3 N–H and O–H groups in total. The Labute approximate surface area is 112 Å². The first-order valence-corrected chi connectivity index (χ1v) is 6.97. The maximum absolute atomic E-state index is 11.9. The fraction of sp³-hybridized carbons (Fsp3) is 0. The fourth-order valence-corrected chi connectivity index (χ4v) is 2.23. The molecular formula is C9H8BrN5O2S. The second-order valence-electron chi connectivity index (χ2n) is 3.24. The van der Waals surface area contributed by atoms with E-state index in [1.54, 1.807) is 6.07 Å². The van der Waals surface area contributed by atoms with Crippen LogP contribution in [0.2, 0.25) is 0 Å². The van der Waals surface area contributed by atoms with Crippen molar-refractivity contribution in [1.29, 1.82) is 0 Å². The molecule has 2 aromatic rings. The molecule has 0 aliphatic rings. The third kappa shape index (κ3) is 2.93. The molecule has 0 aliphatic carbocycles.